The highest BCUT2D eigenvalue weighted by Crippen LogP contribution is 2.27. The molecule has 0 bridgehead atoms. The van der Waals surface area contributed by atoms with Crippen LogP contribution in [0.2, 0.25) is 15.1 Å². The van der Waals surface area contributed by atoms with Gasteiger partial charge in [0.05, 0.1) is 0 Å². The fourth-order valence-electron chi connectivity index (χ4n) is 3.04. The molecule has 0 aromatic heterocycles. The summed E-state index contributed by atoms with van der Waals surface area (Å²) in [5.74, 6) is -0.0451. The Kier molecular flexibility index (Phi) is 10.4. The molecule has 0 saturated carbocycles. The SMILES string of the molecule is CCCCNC(=O)[C@@H](CC)N(Cc1c(Cl)cccc1Cl)C(=O)COc1ccc(Cl)cc1. The van der Waals surface area contributed by atoms with Gasteiger partial charge in [-0.1, -0.05) is 61.1 Å². The van der Waals surface area contributed by atoms with E-state index < -0.39 is 6.04 Å². The number of ether oxygens (including phenoxy) is 1. The first-order chi connectivity index (χ1) is 14.9. The second-order valence-electron chi connectivity index (χ2n) is 7.03. The number of benzene rings is 2. The molecule has 0 heterocycles. The number of hydrogen-bond acceptors (Lipinski definition) is 3. The lowest BCUT2D eigenvalue weighted by atomic mass is 10.1. The van der Waals surface area contributed by atoms with Crippen LogP contribution in [0.3, 0.4) is 0 Å². The molecule has 0 unspecified atom stereocenters. The first kappa shape index (κ1) is 25.3. The molecule has 0 saturated heterocycles. The fourth-order valence-corrected chi connectivity index (χ4v) is 3.68. The highest BCUT2D eigenvalue weighted by Gasteiger charge is 2.29. The van der Waals surface area contributed by atoms with Crippen molar-refractivity contribution in [3.05, 3.63) is 63.1 Å². The van der Waals surface area contributed by atoms with Crippen LogP contribution in [0.25, 0.3) is 0 Å². The Bertz CT molecular complexity index is 855. The lowest BCUT2D eigenvalue weighted by Gasteiger charge is -2.31. The van der Waals surface area contributed by atoms with Crippen molar-refractivity contribution in [3.63, 3.8) is 0 Å². The van der Waals surface area contributed by atoms with E-state index in [1.165, 1.54) is 4.90 Å². The van der Waals surface area contributed by atoms with Crippen LogP contribution in [0.4, 0.5) is 0 Å². The molecule has 0 spiro atoms. The maximum Gasteiger partial charge on any atom is 0.261 e. The van der Waals surface area contributed by atoms with Crippen molar-refractivity contribution >= 4 is 46.6 Å². The Labute approximate surface area is 198 Å². The molecule has 5 nitrogen and oxygen atoms in total. The molecule has 2 aromatic carbocycles. The number of rotatable bonds is 11. The van der Waals surface area contributed by atoms with Gasteiger partial charge in [0.15, 0.2) is 6.61 Å². The third-order valence-corrected chi connectivity index (χ3v) is 5.74. The van der Waals surface area contributed by atoms with Crippen LogP contribution in [0, 0.1) is 0 Å². The van der Waals surface area contributed by atoms with Crippen LogP contribution in [-0.4, -0.2) is 35.9 Å². The van der Waals surface area contributed by atoms with E-state index in [0.29, 0.717) is 39.3 Å². The zero-order chi connectivity index (χ0) is 22.8. The monoisotopic (exact) mass is 484 g/mol. The van der Waals surface area contributed by atoms with Gasteiger partial charge in [-0.05, 0) is 49.2 Å². The Balaban J connectivity index is 2.23. The maximum absolute atomic E-state index is 13.2. The molecule has 168 valence electrons. The molecule has 0 aliphatic heterocycles. The summed E-state index contributed by atoms with van der Waals surface area (Å²) >= 11 is 18.6. The van der Waals surface area contributed by atoms with Crippen LogP contribution < -0.4 is 10.1 Å². The number of amides is 2. The fraction of sp³-hybridized carbons (Fsp3) is 0.391. The summed E-state index contributed by atoms with van der Waals surface area (Å²) in [6.45, 7) is 4.33. The van der Waals surface area contributed by atoms with Crippen molar-refractivity contribution in [2.75, 3.05) is 13.2 Å². The molecule has 1 N–H and O–H groups in total. The minimum Gasteiger partial charge on any atom is -0.484 e. The van der Waals surface area contributed by atoms with Crippen LogP contribution in [0.1, 0.15) is 38.7 Å². The van der Waals surface area contributed by atoms with Gasteiger partial charge in [0, 0.05) is 33.7 Å². The summed E-state index contributed by atoms with van der Waals surface area (Å²) in [6.07, 6.45) is 2.27. The number of hydrogen-bond donors (Lipinski definition) is 1. The Morgan fingerprint density at radius 2 is 1.68 bits per heavy atom. The molecular weight excluding hydrogens is 459 g/mol. The summed E-state index contributed by atoms with van der Waals surface area (Å²) in [5.41, 5.74) is 0.588. The molecule has 0 aliphatic rings. The van der Waals surface area contributed by atoms with Gasteiger partial charge in [0.2, 0.25) is 5.91 Å². The largest absolute Gasteiger partial charge is 0.484 e. The van der Waals surface area contributed by atoms with Crippen molar-refractivity contribution in [3.8, 4) is 5.75 Å². The van der Waals surface area contributed by atoms with Crippen LogP contribution in [0.5, 0.6) is 5.75 Å². The lowest BCUT2D eigenvalue weighted by Crippen LogP contribution is -2.50. The van der Waals surface area contributed by atoms with Crippen LogP contribution in [-0.2, 0) is 16.1 Å². The van der Waals surface area contributed by atoms with E-state index in [1.54, 1.807) is 42.5 Å². The topological polar surface area (TPSA) is 58.6 Å². The van der Waals surface area contributed by atoms with E-state index in [4.69, 9.17) is 39.5 Å². The minimum atomic E-state index is -0.675. The van der Waals surface area contributed by atoms with Crippen molar-refractivity contribution < 1.29 is 14.3 Å². The molecule has 0 radical (unpaired) electrons. The highest BCUT2D eigenvalue weighted by molar-refractivity contribution is 6.36. The molecule has 2 amide bonds. The number of nitrogens with zero attached hydrogens (tertiary/aromatic N) is 1. The predicted molar refractivity (Wildman–Crippen MR) is 126 cm³/mol. The summed E-state index contributed by atoms with van der Waals surface area (Å²) in [4.78, 5) is 27.5. The standard InChI is InChI=1S/C23H27Cl3N2O3/c1-3-5-13-27-23(30)21(4-2)28(14-18-19(25)7-6-8-20(18)26)22(29)15-31-17-11-9-16(24)10-12-17/h6-12,21H,3-5,13-15H2,1-2H3,(H,27,30)/t21-/m1/s1. The molecule has 8 heteroatoms. The summed E-state index contributed by atoms with van der Waals surface area (Å²) in [6, 6.07) is 11.2. The number of carbonyl (C=O) groups excluding carboxylic acids is 2. The van der Waals surface area contributed by atoms with Crippen molar-refractivity contribution in [2.45, 2.75) is 45.7 Å². The third-order valence-electron chi connectivity index (χ3n) is 4.78. The second kappa shape index (κ2) is 12.8. The van der Waals surface area contributed by atoms with Gasteiger partial charge in [0.25, 0.3) is 5.91 Å². The summed E-state index contributed by atoms with van der Waals surface area (Å²) in [5, 5.41) is 4.35. The van der Waals surface area contributed by atoms with Gasteiger partial charge in [-0.25, -0.2) is 0 Å². The quantitative estimate of drug-likeness (QED) is 0.412. The van der Waals surface area contributed by atoms with Gasteiger partial charge in [-0.3, -0.25) is 9.59 Å². The molecule has 1 atom stereocenters. The number of nitrogens with one attached hydrogen (secondary N) is 1. The van der Waals surface area contributed by atoms with Crippen LogP contribution in [0.15, 0.2) is 42.5 Å². The molecular formula is C23H27Cl3N2O3. The summed E-state index contributed by atoms with van der Waals surface area (Å²) in [7, 11) is 0. The van der Waals surface area contributed by atoms with Crippen molar-refractivity contribution in [2.24, 2.45) is 0 Å². The molecule has 0 aliphatic carbocycles. The van der Waals surface area contributed by atoms with E-state index >= 15 is 0 Å². The smallest absolute Gasteiger partial charge is 0.261 e. The van der Waals surface area contributed by atoms with Gasteiger partial charge in [-0.15, -0.1) is 0 Å². The van der Waals surface area contributed by atoms with Gasteiger partial charge in [-0.2, -0.15) is 0 Å². The van der Waals surface area contributed by atoms with Gasteiger partial charge in [0.1, 0.15) is 11.8 Å². The van der Waals surface area contributed by atoms with Crippen LogP contribution >= 0.6 is 34.8 Å². The second-order valence-corrected chi connectivity index (χ2v) is 8.28. The predicted octanol–water partition coefficient (Wildman–Crippen LogP) is 5.75. The Morgan fingerprint density at radius 3 is 2.26 bits per heavy atom. The van der Waals surface area contributed by atoms with E-state index in [1.807, 2.05) is 13.8 Å². The van der Waals surface area contributed by atoms with E-state index in [2.05, 4.69) is 5.32 Å². The van der Waals surface area contributed by atoms with E-state index in [0.717, 1.165) is 12.8 Å². The Hall–Kier alpha value is -1.95. The van der Waals surface area contributed by atoms with Gasteiger partial charge < -0.3 is 15.0 Å². The van der Waals surface area contributed by atoms with E-state index in [9.17, 15) is 9.59 Å². The maximum atomic E-state index is 13.2. The normalized spacial score (nSPS) is 11.6. The van der Waals surface area contributed by atoms with Crippen molar-refractivity contribution in [1.29, 1.82) is 0 Å². The number of carbonyl (C=O) groups is 2. The molecule has 2 rings (SSSR count). The Morgan fingerprint density at radius 1 is 1.03 bits per heavy atom. The molecule has 0 fully saturated rings. The number of halogens is 3. The van der Waals surface area contributed by atoms with Crippen molar-refractivity contribution in [1.82, 2.24) is 10.2 Å². The lowest BCUT2D eigenvalue weighted by molar-refractivity contribution is -0.143. The molecule has 31 heavy (non-hydrogen) atoms. The van der Waals surface area contributed by atoms with Gasteiger partial charge >= 0.3 is 0 Å². The zero-order valence-electron chi connectivity index (χ0n) is 17.7. The average molecular weight is 486 g/mol. The number of unbranched alkanes of at least 4 members (excludes halogenated alkanes) is 1. The molecule has 2 aromatic rings. The summed E-state index contributed by atoms with van der Waals surface area (Å²) < 4.78 is 5.63. The first-order valence-corrected chi connectivity index (χ1v) is 11.4. The average Bonchev–Trinajstić information content (AvgIpc) is 2.75. The zero-order valence-corrected chi connectivity index (χ0v) is 19.9. The first-order valence-electron chi connectivity index (χ1n) is 10.3. The highest BCUT2D eigenvalue weighted by atomic mass is 35.5. The van der Waals surface area contributed by atoms with E-state index in [-0.39, 0.29) is 25.0 Å². The minimum absolute atomic E-state index is 0.0982. The third kappa shape index (κ3) is 7.60.